The van der Waals surface area contributed by atoms with E-state index in [-0.39, 0.29) is 0 Å². The molecule has 0 amide bonds. The zero-order chi connectivity index (χ0) is 15.2. The van der Waals surface area contributed by atoms with Gasteiger partial charge < -0.3 is 15.1 Å². The van der Waals surface area contributed by atoms with Gasteiger partial charge in [0.15, 0.2) is 0 Å². The number of nitrogens with zero attached hydrogens (tertiary/aromatic N) is 3. The summed E-state index contributed by atoms with van der Waals surface area (Å²) >= 11 is 6.51. The fourth-order valence-corrected chi connectivity index (χ4v) is 3.22. The predicted octanol–water partition coefficient (Wildman–Crippen LogP) is 2.77. The van der Waals surface area contributed by atoms with Crippen molar-refractivity contribution < 1.29 is 0 Å². The highest BCUT2D eigenvalue weighted by molar-refractivity contribution is 6.33. The number of hydrogen-bond acceptors (Lipinski definition) is 4. The molecule has 118 valence electrons. The van der Waals surface area contributed by atoms with Crippen molar-refractivity contribution >= 4 is 17.4 Å². The van der Waals surface area contributed by atoms with Gasteiger partial charge in [-0.15, -0.1) is 0 Å². The molecule has 1 unspecified atom stereocenters. The molecule has 1 fully saturated rings. The van der Waals surface area contributed by atoms with E-state index in [2.05, 4.69) is 41.0 Å². The van der Waals surface area contributed by atoms with E-state index >= 15 is 0 Å². The van der Waals surface area contributed by atoms with Gasteiger partial charge in [-0.2, -0.15) is 0 Å². The van der Waals surface area contributed by atoms with Crippen molar-refractivity contribution in [2.75, 3.05) is 38.1 Å². The molecule has 1 aliphatic rings. The molecule has 4 nitrogen and oxygen atoms in total. The maximum Gasteiger partial charge on any atom is 0.147 e. The minimum atomic E-state index is 0.488. The van der Waals surface area contributed by atoms with E-state index < -0.39 is 0 Å². The van der Waals surface area contributed by atoms with Gasteiger partial charge in [-0.25, -0.2) is 4.98 Å². The number of likely N-dealkylation sites (N-methyl/N-ethyl adjacent to an activating group) is 1. The van der Waals surface area contributed by atoms with E-state index in [4.69, 9.17) is 11.6 Å². The van der Waals surface area contributed by atoms with Gasteiger partial charge >= 0.3 is 0 Å². The lowest BCUT2D eigenvalue weighted by Gasteiger charge is -2.32. The molecule has 1 N–H and O–H groups in total. The van der Waals surface area contributed by atoms with Crippen molar-refractivity contribution in [3.05, 3.63) is 22.8 Å². The van der Waals surface area contributed by atoms with Crippen LogP contribution in [0.5, 0.6) is 0 Å². The van der Waals surface area contributed by atoms with Crippen molar-refractivity contribution in [1.82, 2.24) is 15.2 Å². The first-order valence-corrected chi connectivity index (χ1v) is 8.33. The number of rotatable bonds is 5. The summed E-state index contributed by atoms with van der Waals surface area (Å²) in [5.74, 6) is 0.944. The van der Waals surface area contributed by atoms with Gasteiger partial charge in [0.1, 0.15) is 5.82 Å². The quantitative estimate of drug-likeness (QED) is 0.906. The van der Waals surface area contributed by atoms with Crippen LogP contribution in [-0.4, -0.2) is 49.2 Å². The molecule has 1 aliphatic heterocycles. The summed E-state index contributed by atoms with van der Waals surface area (Å²) in [6.07, 6.45) is 4.22. The van der Waals surface area contributed by atoms with Gasteiger partial charge in [0.2, 0.25) is 0 Å². The summed E-state index contributed by atoms with van der Waals surface area (Å²) < 4.78 is 0. The maximum absolute atomic E-state index is 6.51. The fraction of sp³-hybridized carbons (Fsp3) is 0.688. The Labute approximate surface area is 133 Å². The Hall–Kier alpha value is -0.840. The average molecular weight is 311 g/mol. The minimum absolute atomic E-state index is 0.488. The first-order valence-electron chi connectivity index (χ1n) is 7.96. The lowest BCUT2D eigenvalue weighted by molar-refractivity contribution is 0.327. The molecule has 0 bridgehead atoms. The molecule has 2 rings (SSSR count). The number of pyridine rings is 1. The highest BCUT2D eigenvalue weighted by Gasteiger charge is 2.24. The van der Waals surface area contributed by atoms with E-state index in [0.717, 1.165) is 62.0 Å². The summed E-state index contributed by atoms with van der Waals surface area (Å²) in [5.41, 5.74) is 1.14. The van der Waals surface area contributed by atoms with Crippen molar-refractivity contribution in [3.63, 3.8) is 0 Å². The first-order chi connectivity index (χ1) is 10.2. The molecule has 5 heteroatoms. The molecule has 0 saturated carbocycles. The number of nitrogens with one attached hydrogen (secondary N) is 1. The number of anilines is 1. The molecule has 0 aromatic carbocycles. The smallest absolute Gasteiger partial charge is 0.147 e. The lowest BCUT2D eigenvalue weighted by atomic mass is 10.1. The molecule has 1 aromatic rings. The van der Waals surface area contributed by atoms with Crippen LogP contribution in [0.2, 0.25) is 5.02 Å². The highest BCUT2D eigenvalue weighted by atomic mass is 35.5. The molecule has 2 heterocycles. The van der Waals surface area contributed by atoms with Gasteiger partial charge in [0.05, 0.1) is 5.02 Å². The largest absolute Gasteiger partial charge is 0.351 e. The monoisotopic (exact) mass is 310 g/mol. The number of aromatic nitrogens is 1. The van der Waals surface area contributed by atoms with Crippen molar-refractivity contribution in [2.45, 2.75) is 39.3 Å². The SMILES string of the molecule is CCNCc1cnc(N2CCCN(C)CC2CC)c(Cl)c1. The summed E-state index contributed by atoms with van der Waals surface area (Å²) in [4.78, 5) is 9.45. The molecule has 0 spiro atoms. The molecule has 1 atom stereocenters. The maximum atomic E-state index is 6.51. The van der Waals surface area contributed by atoms with Crippen LogP contribution in [0, 0.1) is 0 Å². The van der Waals surface area contributed by atoms with E-state index in [0.29, 0.717) is 6.04 Å². The summed E-state index contributed by atoms with van der Waals surface area (Å²) in [6, 6.07) is 2.54. The molecular weight excluding hydrogens is 284 g/mol. The van der Waals surface area contributed by atoms with Crippen LogP contribution in [0.1, 0.15) is 32.3 Å². The zero-order valence-corrected chi connectivity index (χ0v) is 14.2. The third-order valence-corrected chi connectivity index (χ3v) is 4.38. The van der Waals surface area contributed by atoms with Crippen LogP contribution < -0.4 is 10.2 Å². The second-order valence-corrected chi connectivity index (χ2v) is 6.21. The summed E-state index contributed by atoms with van der Waals surface area (Å²) in [7, 11) is 2.20. The second kappa shape index (κ2) is 7.97. The number of halogens is 1. The first kappa shape index (κ1) is 16.5. The van der Waals surface area contributed by atoms with E-state index in [9.17, 15) is 0 Å². The third kappa shape index (κ3) is 4.31. The van der Waals surface area contributed by atoms with Crippen molar-refractivity contribution in [2.24, 2.45) is 0 Å². The van der Waals surface area contributed by atoms with Crippen LogP contribution in [0.15, 0.2) is 12.3 Å². The van der Waals surface area contributed by atoms with Crippen LogP contribution >= 0.6 is 11.6 Å². The Kier molecular flexibility index (Phi) is 6.27. The Bertz CT molecular complexity index is 452. The van der Waals surface area contributed by atoms with Crippen molar-refractivity contribution in [1.29, 1.82) is 0 Å². The number of hydrogen-bond donors (Lipinski definition) is 1. The van der Waals surface area contributed by atoms with Crippen LogP contribution in [0.3, 0.4) is 0 Å². The fourth-order valence-electron chi connectivity index (χ4n) is 2.92. The van der Waals surface area contributed by atoms with Gasteiger partial charge in [0.25, 0.3) is 0 Å². The zero-order valence-electron chi connectivity index (χ0n) is 13.4. The van der Waals surface area contributed by atoms with Gasteiger partial charge in [-0.3, -0.25) is 0 Å². The highest BCUT2D eigenvalue weighted by Crippen LogP contribution is 2.28. The Balaban J connectivity index is 2.18. The van der Waals surface area contributed by atoms with Crippen molar-refractivity contribution in [3.8, 4) is 0 Å². The van der Waals surface area contributed by atoms with Crippen LogP contribution in [-0.2, 0) is 6.54 Å². The molecule has 0 radical (unpaired) electrons. The molecule has 1 saturated heterocycles. The normalized spacial score (nSPS) is 20.6. The second-order valence-electron chi connectivity index (χ2n) is 5.80. The Morgan fingerprint density at radius 1 is 1.38 bits per heavy atom. The molecule has 0 aliphatic carbocycles. The molecule has 21 heavy (non-hydrogen) atoms. The van der Waals surface area contributed by atoms with Crippen LogP contribution in [0.25, 0.3) is 0 Å². The average Bonchev–Trinajstić information content (AvgIpc) is 2.66. The molecular formula is C16H27ClN4. The predicted molar refractivity (Wildman–Crippen MR) is 90.2 cm³/mol. The standard InChI is InChI=1S/C16H27ClN4/c1-4-14-12-20(3)7-6-8-21(14)16-15(17)9-13(11-19-16)10-18-5-2/h9,11,14,18H,4-8,10,12H2,1-3H3. The van der Waals surface area contributed by atoms with Crippen LogP contribution in [0.4, 0.5) is 5.82 Å². The third-order valence-electron chi connectivity index (χ3n) is 4.10. The van der Waals surface area contributed by atoms with E-state index in [1.54, 1.807) is 0 Å². The summed E-state index contributed by atoms with van der Waals surface area (Å²) in [6.45, 7) is 9.37. The Morgan fingerprint density at radius 2 is 2.19 bits per heavy atom. The van der Waals surface area contributed by atoms with Gasteiger partial charge in [-0.1, -0.05) is 25.4 Å². The minimum Gasteiger partial charge on any atom is -0.351 e. The lowest BCUT2D eigenvalue weighted by Crippen LogP contribution is -2.40. The van der Waals surface area contributed by atoms with E-state index in [1.807, 2.05) is 12.3 Å². The van der Waals surface area contributed by atoms with Gasteiger partial charge in [-0.05, 0) is 44.6 Å². The molecule has 1 aromatic heterocycles. The topological polar surface area (TPSA) is 31.4 Å². The van der Waals surface area contributed by atoms with E-state index in [1.165, 1.54) is 0 Å². The Morgan fingerprint density at radius 3 is 2.86 bits per heavy atom. The van der Waals surface area contributed by atoms with Gasteiger partial charge in [0, 0.05) is 31.9 Å². The summed E-state index contributed by atoms with van der Waals surface area (Å²) in [5, 5.41) is 4.08.